The maximum absolute atomic E-state index is 5.60. The predicted molar refractivity (Wildman–Crippen MR) is 60.8 cm³/mol. The topological polar surface area (TPSA) is 76.7 Å². The van der Waals surface area contributed by atoms with Gasteiger partial charge in [-0.15, -0.1) is 0 Å². The molecule has 0 fully saturated rings. The number of fused-ring (bicyclic) bond motifs is 1. The Balaban J connectivity index is 2.90. The number of nitrogens with zero attached hydrogens (tertiary/aromatic N) is 3. The monoisotopic (exact) mass is 203 g/mol. The van der Waals surface area contributed by atoms with E-state index in [1.807, 2.05) is 19.9 Å². The molecule has 0 saturated carbocycles. The van der Waals surface area contributed by atoms with Gasteiger partial charge in [0.05, 0.1) is 5.39 Å². The molecule has 0 aliphatic carbocycles. The number of anilines is 2. The molecule has 2 aromatic heterocycles. The summed E-state index contributed by atoms with van der Waals surface area (Å²) in [5, 5.41) is 3.93. The lowest BCUT2D eigenvalue weighted by Gasteiger charge is -2.08. The Morgan fingerprint density at radius 3 is 2.60 bits per heavy atom. The van der Waals surface area contributed by atoms with Crippen LogP contribution in [0.25, 0.3) is 11.0 Å². The summed E-state index contributed by atoms with van der Waals surface area (Å²) in [7, 11) is 1.81. The summed E-state index contributed by atoms with van der Waals surface area (Å²) in [6, 6.07) is 2.00. The zero-order valence-corrected chi connectivity index (χ0v) is 9.00. The zero-order chi connectivity index (χ0) is 11.0. The highest BCUT2D eigenvalue weighted by molar-refractivity contribution is 5.90. The van der Waals surface area contributed by atoms with E-state index in [-0.39, 0.29) is 5.95 Å². The Morgan fingerprint density at radius 2 is 1.93 bits per heavy atom. The molecule has 0 aromatic carbocycles. The van der Waals surface area contributed by atoms with E-state index in [2.05, 4.69) is 20.3 Å². The van der Waals surface area contributed by atoms with Crippen LogP contribution >= 0.6 is 0 Å². The number of aromatic nitrogens is 3. The lowest BCUT2D eigenvalue weighted by Crippen LogP contribution is -2.03. The summed E-state index contributed by atoms with van der Waals surface area (Å²) in [6.07, 6.45) is 0. The van der Waals surface area contributed by atoms with Crippen LogP contribution in [0.4, 0.5) is 11.8 Å². The average Bonchev–Trinajstić information content (AvgIpc) is 2.14. The fraction of sp³-hybridized carbons (Fsp3) is 0.300. The van der Waals surface area contributed by atoms with Crippen molar-refractivity contribution < 1.29 is 0 Å². The van der Waals surface area contributed by atoms with Crippen molar-refractivity contribution in [1.29, 1.82) is 0 Å². The number of hydrogen-bond acceptors (Lipinski definition) is 5. The van der Waals surface area contributed by atoms with Gasteiger partial charge in [-0.2, -0.15) is 9.97 Å². The molecule has 0 aliphatic rings. The summed E-state index contributed by atoms with van der Waals surface area (Å²) < 4.78 is 0. The third kappa shape index (κ3) is 1.56. The molecule has 3 N–H and O–H groups in total. The molecule has 0 spiro atoms. The van der Waals surface area contributed by atoms with Gasteiger partial charge in [0, 0.05) is 12.7 Å². The minimum atomic E-state index is 0.240. The van der Waals surface area contributed by atoms with Gasteiger partial charge in [-0.1, -0.05) is 0 Å². The third-order valence-electron chi connectivity index (χ3n) is 2.25. The van der Waals surface area contributed by atoms with Crippen LogP contribution in [0.15, 0.2) is 6.07 Å². The maximum atomic E-state index is 5.60. The first-order chi connectivity index (χ1) is 7.11. The number of pyridine rings is 1. The summed E-state index contributed by atoms with van der Waals surface area (Å²) in [4.78, 5) is 12.6. The number of aryl methyl sites for hydroxylation is 2. The predicted octanol–water partition coefficient (Wildman–Crippen LogP) is 1.27. The zero-order valence-electron chi connectivity index (χ0n) is 9.00. The Kier molecular flexibility index (Phi) is 2.15. The highest BCUT2D eigenvalue weighted by Crippen LogP contribution is 2.23. The molecule has 0 radical (unpaired) electrons. The molecule has 0 unspecified atom stereocenters. The van der Waals surface area contributed by atoms with Crippen molar-refractivity contribution in [2.24, 2.45) is 0 Å². The van der Waals surface area contributed by atoms with Crippen LogP contribution < -0.4 is 11.1 Å². The van der Waals surface area contributed by atoms with Gasteiger partial charge in [-0.3, -0.25) is 0 Å². The number of rotatable bonds is 1. The first kappa shape index (κ1) is 9.64. The van der Waals surface area contributed by atoms with Crippen molar-refractivity contribution in [2.75, 3.05) is 18.1 Å². The van der Waals surface area contributed by atoms with Gasteiger partial charge >= 0.3 is 0 Å². The minimum Gasteiger partial charge on any atom is -0.372 e. The van der Waals surface area contributed by atoms with Crippen molar-refractivity contribution >= 4 is 22.8 Å². The van der Waals surface area contributed by atoms with E-state index in [0.717, 1.165) is 22.5 Å². The van der Waals surface area contributed by atoms with Crippen LogP contribution in [0.1, 0.15) is 11.3 Å². The van der Waals surface area contributed by atoms with E-state index in [0.29, 0.717) is 5.65 Å². The Hall–Kier alpha value is -1.91. The molecule has 5 heteroatoms. The number of hydrogen-bond donors (Lipinski definition) is 2. The molecule has 0 bridgehead atoms. The van der Waals surface area contributed by atoms with E-state index >= 15 is 0 Å². The molecule has 0 saturated heterocycles. The van der Waals surface area contributed by atoms with Crippen molar-refractivity contribution in [2.45, 2.75) is 13.8 Å². The normalized spacial score (nSPS) is 10.6. The lowest BCUT2D eigenvalue weighted by atomic mass is 10.1. The number of nitrogen functional groups attached to an aromatic ring is 1. The SMILES string of the molecule is CNc1nc(N)nc2nc(C)cc(C)c12. The van der Waals surface area contributed by atoms with Crippen LogP contribution in [-0.2, 0) is 0 Å². The van der Waals surface area contributed by atoms with Gasteiger partial charge in [0.15, 0.2) is 5.65 Å². The van der Waals surface area contributed by atoms with Crippen molar-refractivity contribution in [1.82, 2.24) is 15.0 Å². The van der Waals surface area contributed by atoms with Gasteiger partial charge in [-0.05, 0) is 25.5 Å². The fourth-order valence-electron chi connectivity index (χ4n) is 1.68. The molecule has 5 nitrogen and oxygen atoms in total. The van der Waals surface area contributed by atoms with Crippen molar-refractivity contribution in [3.05, 3.63) is 17.3 Å². The second-order valence-corrected chi connectivity index (χ2v) is 3.46. The highest BCUT2D eigenvalue weighted by atomic mass is 15.1. The molecule has 15 heavy (non-hydrogen) atoms. The van der Waals surface area contributed by atoms with E-state index in [9.17, 15) is 0 Å². The summed E-state index contributed by atoms with van der Waals surface area (Å²) in [5.41, 5.74) is 8.27. The second kappa shape index (κ2) is 3.34. The van der Waals surface area contributed by atoms with Crippen LogP contribution in [0, 0.1) is 13.8 Å². The Morgan fingerprint density at radius 1 is 1.20 bits per heavy atom. The highest BCUT2D eigenvalue weighted by Gasteiger charge is 2.09. The van der Waals surface area contributed by atoms with E-state index in [4.69, 9.17) is 5.73 Å². The number of nitrogens with one attached hydrogen (secondary N) is 1. The standard InChI is InChI=1S/C10H13N5/c1-5-4-6(2)13-9-7(5)8(12-3)14-10(11)15-9/h4H,1-3H3,(H3,11,12,13,14,15). The van der Waals surface area contributed by atoms with E-state index < -0.39 is 0 Å². The first-order valence-electron chi connectivity index (χ1n) is 4.71. The summed E-state index contributed by atoms with van der Waals surface area (Å²) in [5.74, 6) is 0.965. The third-order valence-corrected chi connectivity index (χ3v) is 2.25. The van der Waals surface area contributed by atoms with E-state index in [1.165, 1.54) is 0 Å². The quantitative estimate of drug-likeness (QED) is 0.729. The molecule has 0 aliphatic heterocycles. The minimum absolute atomic E-state index is 0.240. The van der Waals surface area contributed by atoms with Gasteiger partial charge in [0.25, 0.3) is 0 Å². The molecule has 2 aromatic rings. The second-order valence-electron chi connectivity index (χ2n) is 3.46. The lowest BCUT2D eigenvalue weighted by molar-refractivity contribution is 1.14. The molecule has 2 rings (SSSR count). The fourth-order valence-corrected chi connectivity index (χ4v) is 1.68. The smallest absolute Gasteiger partial charge is 0.224 e. The van der Waals surface area contributed by atoms with Crippen molar-refractivity contribution in [3.8, 4) is 0 Å². The molecule has 0 amide bonds. The van der Waals surface area contributed by atoms with E-state index in [1.54, 1.807) is 7.05 Å². The molecular weight excluding hydrogens is 190 g/mol. The van der Waals surface area contributed by atoms with Crippen LogP contribution in [0.5, 0.6) is 0 Å². The summed E-state index contributed by atoms with van der Waals surface area (Å²) >= 11 is 0. The summed E-state index contributed by atoms with van der Waals surface area (Å²) in [6.45, 7) is 3.95. The van der Waals surface area contributed by atoms with Crippen molar-refractivity contribution in [3.63, 3.8) is 0 Å². The van der Waals surface area contributed by atoms with Gasteiger partial charge < -0.3 is 11.1 Å². The van der Waals surface area contributed by atoms with Gasteiger partial charge in [0.2, 0.25) is 5.95 Å². The Bertz CT molecular complexity index is 515. The molecule has 78 valence electrons. The van der Waals surface area contributed by atoms with Crippen LogP contribution in [0.2, 0.25) is 0 Å². The average molecular weight is 203 g/mol. The molecule has 0 atom stereocenters. The maximum Gasteiger partial charge on any atom is 0.224 e. The van der Waals surface area contributed by atoms with Crippen LogP contribution in [0.3, 0.4) is 0 Å². The van der Waals surface area contributed by atoms with Gasteiger partial charge in [-0.25, -0.2) is 4.98 Å². The molecular formula is C10H13N5. The Labute approximate surface area is 87.8 Å². The van der Waals surface area contributed by atoms with Gasteiger partial charge in [0.1, 0.15) is 5.82 Å². The molecule has 2 heterocycles. The number of nitrogens with two attached hydrogens (primary N) is 1. The largest absolute Gasteiger partial charge is 0.372 e. The van der Waals surface area contributed by atoms with Crippen LogP contribution in [-0.4, -0.2) is 22.0 Å². The first-order valence-corrected chi connectivity index (χ1v) is 4.71.